The van der Waals surface area contributed by atoms with Crippen LogP contribution in [0.15, 0.2) is 54.6 Å². The molecule has 0 spiro atoms. The number of anilines is 1. The van der Waals surface area contributed by atoms with Crippen LogP contribution in [0.3, 0.4) is 0 Å². The molecule has 3 nitrogen and oxygen atoms in total. The van der Waals surface area contributed by atoms with Crippen LogP contribution in [-0.2, 0) is 0 Å². The Labute approximate surface area is 129 Å². The molecule has 0 radical (unpaired) electrons. The fraction of sp³-hybridized carbons (Fsp3) is 0.278. The van der Waals surface area contributed by atoms with E-state index in [9.17, 15) is 9.18 Å². The van der Waals surface area contributed by atoms with Crippen molar-refractivity contribution in [1.82, 2.24) is 5.32 Å². The maximum Gasteiger partial charge on any atom is 0.254 e. The van der Waals surface area contributed by atoms with E-state index in [1.165, 1.54) is 12.1 Å². The lowest BCUT2D eigenvalue weighted by atomic mass is 10.0. The molecule has 4 heteroatoms. The first-order valence-corrected chi connectivity index (χ1v) is 7.59. The summed E-state index contributed by atoms with van der Waals surface area (Å²) in [7, 11) is 0. The van der Waals surface area contributed by atoms with Gasteiger partial charge in [-0.3, -0.25) is 4.79 Å². The molecule has 1 amide bonds. The van der Waals surface area contributed by atoms with Crippen molar-refractivity contribution < 1.29 is 9.18 Å². The van der Waals surface area contributed by atoms with Crippen LogP contribution < -0.4 is 10.2 Å². The van der Waals surface area contributed by atoms with Gasteiger partial charge in [-0.2, -0.15) is 0 Å². The minimum atomic E-state index is -0.476. The molecular formula is C18H19FN2O. The first-order chi connectivity index (χ1) is 10.7. The normalized spacial score (nSPS) is 18.0. The van der Waals surface area contributed by atoms with Crippen LogP contribution in [0.4, 0.5) is 10.1 Å². The van der Waals surface area contributed by atoms with E-state index in [1.807, 2.05) is 18.2 Å². The number of nitrogens with zero attached hydrogens (tertiary/aromatic N) is 1. The first kappa shape index (κ1) is 14.6. The van der Waals surface area contributed by atoms with Crippen LogP contribution in [-0.4, -0.2) is 25.0 Å². The molecule has 1 fully saturated rings. The third-order valence-corrected chi connectivity index (χ3v) is 4.00. The van der Waals surface area contributed by atoms with E-state index in [-0.39, 0.29) is 17.5 Å². The number of nitrogens with one attached hydrogen (secondary N) is 1. The topological polar surface area (TPSA) is 32.3 Å². The molecule has 1 unspecified atom stereocenters. The number of piperidine rings is 1. The van der Waals surface area contributed by atoms with Gasteiger partial charge >= 0.3 is 0 Å². The van der Waals surface area contributed by atoms with Crippen LogP contribution in [0.1, 0.15) is 23.2 Å². The average Bonchev–Trinajstić information content (AvgIpc) is 2.56. The monoisotopic (exact) mass is 298 g/mol. The van der Waals surface area contributed by atoms with Gasteiger partial charge in [-0.1, -0.05) is 30.3 Å². The number of rotatable bonds is 3. The molecular weight excluding hydrogens is 279 g/mol. The first-order valence-electron chi connectivity index (χ1n) is 7.59. The molecule has 2 aromatic carbocycles. The molecule has 0 aromatic heterocycles. The number of hydrogen-bond donors (Lipinski definition) is 1. The van der Waals surface area contributed by atoms with E-state index >= 15 is 0 Å². The molecule has 1 aliphatic heterocycles. The van der Waals surface area contributed by atoms with Gasteiger partial charge in [0, 0.05) is 24.8 Å². The molecule has 2 aromatic rings. The van der Waals surface area contributed by atoms with Crippen LogP contribution in [0.25, 0.3) is 0 Å². The molecule has 22 heavy (non-hydrogen) atoms. The van der Waals surface area contributed by atoms with Crippen molar-refractivity contribution in [3.63, 3.8) is 0 Å². The van der Waals surface area contributed by atoms with E-state index in [0.29, 0.717) is 0 Å². The second kappa shape index (κ2) is 6.60. The maximum atomic E-state index is 13.7. The zero-order chi connectivity index (χ0) is 15.4. The Bertz CT molecular complexity index is 645. The van der Waals surface area contributed by atoms with Gasteiger partial charge in [0.2, 0.25) is 0 Å². The van der Waals surface area contributed by atoms with Crippen molar-refractivity contribution in [1.29, 1.82) is 0 Å². The fourth-order valence-corrected chi connectivity index (χ4v) is 2.88. The predicted octanol–water partition coefficient (Wildman–Crippen LogP) is 3.22. The molecule has 1 N–H and O–H groups in total. The van der Waals surface area contributed by atoms with Gasteiger partial charge in [0.05, 0.1) is 5.56 Å². The summed E-state index contributed by atoms with van der Waals surface area (Å²) in [6.07, 6.45) is 1.93. The average molecular weight is 298 g/mol. The van der Waals surface area contributed by atoms with Gasteiger partial charge in [-0.25, -0.2) is 4.39 Å². The van der Waals surface area contributed by atoms with Crippen molar-refractivity contribution in [2.24, 2.45) is 0 Å². The van der Waals surface area contributed by atoms with Crippen LogP contribution in [0, 0.1) is 5.82 Å². The SMILES string of the molecule is O=C(NC1CCCN(c2ccccc2)C1)c1ccccc1F. The third kappa shape index (κ3) is 3.27. The maximum absolute atomic E-state index is 13.7. The molecule has 1 saturated heterocycles. The smallest absolute Gasteiger partial charge is 0.254 e. The molecule has 0 aliphatic carbocycles. The van der Waals surface area contributed by atoms with Gasteiger partial charge in [0.1, 0.15) is 5.82 Å². The zero-order valence-corrected chi connectivity index (χ0v) is 12.3. The largest absolute Gasteiger partial charge is 0.369 e. The second-order valence-corrected chi connectivity index (χ2v) is 5.57. The summed E-state index contributed by atoms with van der Waals surface area (Å²) in [6.45, 7) is 1.74. The number of carbonyl (C=O) groups excluding carboxylic acids is 1. The quantitative estimate of drug-likeness (QED) is 0.943. The lowest BCUT2D eigenvalue weighted by Crippen LogP contribution is -2.48. The number of para-hydroxylation sites is 1. The van der Waals surface area contributed by atoms with Crippen molar-refractivity contribution in [3.8, 4) is 0 Å². The summed E-state index contributed by atoms with van der Waals surface area (Å²) in [5, 5.41) is 2.96. The summed E-state index contributed by atoms with van der Waals surface area (Å²) < 4.78 is 13.7. The standard InChI is InChI=1S/C18H19FN2O/c19-17-11-5-4-10-16(17)18(22)20-14-7-6-12-21(13-14)15-8-2-1-3-9-15/h1-5,8-11,14H,6-7,12-13H2,(H,20,22). The second-order valence-electron chi connectivity index (χ2n) is 5.57. The molecule has 1 aliphatic rings. The fourth-order valence-electron chi connectivity index (χ4n) is 2.88. The summed E-state index contributed by atoms with van der Waals surface area (Å²) >= 11 is 0. The molecule has 3 rings (SSSR count). The molecule has 1 heterocycles. The Morgan fingerprint density at radius 1 is 1.09 bits per heavy atom. The number of halogens is 1. The Balaban J connectivity index is 1.66. The Morgan fingerprint density at radius 3 is 2.59 bits per heavy atom. The Morgan fingerprint density at radius 2 is 1.82 bits per heavy atom. The van der Waals surface area contributed by atoms with Crippen molar-refractivity contribution in [3.05, 3.63) is 66.0 Å². The van der Waals surface area contributed by atoms with Crippen LogP contribution in [0.2, 0.25) is 0 Å². The van der Waals surface area contributed by atoms with E-state index in [2.05, 4.69) is 22.3 Å². The Kier molecular flexibility index (Phi) is 4.37. The highest BCUT2D eigenvalue weighted by Crippen LogP contribution is 2.19. The highest BCUT2D eigenvalue weighted by atomic mass is 19.1. The van der Waals surface area contributed by atoms with Gasteiger partial charge in [-0.15, -0.1) is 0 Å². The number of benzene rings is 2. The number of carbonyl (C=O) groups is 1. The van der Waals surface area contributed by atoms with Crippen molar-refractivity contribution in [2.75, 3.05) is 18.0 Å². The molecule has 0 bridgehead atoms. The summed E-state index contributed by atoms with van der Waals surface area (Å²) in [6, 6.07) is 16.3. The minimum Gasteiger partial charge on any atom is -0.369 e. The van der Waals surface area contributed by atoms with Crippen LogP contribution >= 0.6 is 0 Å². The van der Waals surface area contributed by atoms with E-state index in [4.69, 9.17) is 0 Å². The van der Waals surface area contributed by atoms with Gasteiger partial charge in [0.25, 0.3) is 5.91 Å². The van der Waals surface area contributed by atoms with Gasteiger partial charge < -0.3 is 10.2 Å². The van der Waals surface area contributed by atoms with E-state index < -0.39 is 5.82 Å². The van der Waals surface area contributed by atoms with Crippen molar-refractivity contribution >= 4 is 11.6 Å². The lowest BCUT2D eigenvalue weighted by Gasteiger charge is -2.34. The van der Waals surface area contributed by atoms with Crippen LogP contribution in [0.5, 0.6) is 0 Å². The van der Waals surface area contributed by atoms with Gasteiger partial charge in [0.15, 0.2) is 0 Å². The summed E-state index contributed by atoms with van der Waals surface area (Å²) in [4.78, 5) is 14.5. The van der Waals surface area contributed by atoms with Gasteiger partial charge in [-0.05, 0) is 37.1 Å². The highest BCUT2D eigenvalue weighted by Gasteiger charge is 2.22. The minimum absolute atomic E-state index is 0.0427. The highest BCUT2D eigenvalue weighted by molar-refractivity contribution is 5.94. The lowest BCUT2D eigenvalue weighted by molar-refractivity contribution is 0.0929. The molecule has 1 atom stereocenters. The molecule has 0 saturated carbocycles. The van der Waals surface area contributed by atoms with Crippen molar-refractivity contribution in [2.45, 2.75) is 18.9 Å². The summed E-state index contributed by atoms with van der Waals surface area (Å²) in [5.74, 6) is -0.811. The zero-order valence-electron chi connectivity index (χ0n) is 12.3. The number of amides is 1. The third-order valence-electron chi connectivity index (χ3n) is 4.00. The Hall–Kier alpha value is -2.36. The van der Waals surface area contributed by atoms with E-state index in [1.54, 1.807) is 12.1 Å². The number of hydrogen-bond acceptors (Lipinski definition) is 2. The van der Waals surface area contributed by atoms with E-state index in [0.717, 1.165) is 31.6 Å². The summed E-state index contributed by atoms with van der Waals surface area (Å²) in [5.41, 5.74) is 1.27. The molecule has 114 valence electrons. The predicted molar refractivity (Wildman–Crippen MR) is 85.5 cm³/mol.